The fourth-order valence-electron chi connectivity index (χ4n) is 1.58. The summed E-state index contributed by atoms with van der Waals surface area (Å²) in [5, 5.41) is 0. The minimum Gasteiger partial charge on any atom is -0.357 e. The summed E-state index contributed by atoms with van der Waals surface area (Å²) < 4.78 is 0. The lowest BCUT2D eigenvalue weighted by Crippen LogP contribution is -2.28. The van der Waals surface area contributed by atoms with Gasteiger partial charge < -0.3 is 10.6 Å². The van der Waals surface area contributed by atoms with Crippen LogP contribution in [0.5, 0.6) is 0 Å². The van der Waals surface area contributed by atoms with Gasteiger partial charge in [-0.05, 0) is 25.0 Å². The second-order valence-corrected chi connectivity index (χ2v) is 4.12. The van der Waals surface area contributed by atoms with Crippen molar-refractivity contribution in [2.75, 3.05) is 18.0 Å². The van der Waals surface area contributed by atoms with Crippen molar-refractivity contribution in [1.82, 2.24) is 4.98 Å². The summed E-state index contributed by atoms with van der Waals surface area (Å²) in [5.74, 6) is 1.68. The molecule has 0 unspecified atom stereocenters. The molecular formula is C12H21N3. The average molecular weight is 207 g/mol. The summed E-state index contributed by atoms with van der Waals surface area (Å²) >= 11 is 0. The van der Waals surface area contributed by atoms with Crippen LogP contribution in [0.1, 0.15) is 26.5 Å². The number of hydrogen-bond acceptors (Lipinski definition) is 3. The molecule has 1 rings (SSSR count). The molecule has 0 fully saturated rings. The maximum atomic E-state index is 5.58. The van der Waals surface area contributed by atoms with E-state index in [9.17, 15) is 0 Å². The SMILES string of the molecule is CCN(CC(C)C)c1cccc(CN)n1. The van der Waals surface area contributed by atoms with Gasteiger partial charge in [-0.1, -0.05) is 19.9 Å². The van der Waals surface area contributed by atoms with Gasteiger partial charge in [0.15, 0.2) is 0 Å². The van der Waals surface area contributed by atoms with E-state index < -0.39 is 0 Å². The van der Waals surface area contributed by atoms with Gasteiger partial charge in [0.25, 0.3) is 0 Å². The van der Waals surface area contributed by atoms with Crippen LogP contribution >= 0.6 is 0 Å². The van der Waals surface area contributed by atoms with Crippen LogP contribution in [-0.2, 0) is 6.54 Å². The molecule has 0 spiro atoms. The largest absolute Gasteiger partial charge is 0.357 e. The minimum atomic E-state index is 0.507. The molecule has 1 heterocycles. The number of rotatable bonds is 5. The Bertz CT molecular complexity index is 297. The van der Waals surface area contributed by atoms with Crippen LogP contribution in [0, 0.1) is 5.92 Å². The lowest BCUT2D eigenvalue weighted by atomic mass is 10.2. The molecule has 3 nitrogen and oxygen atoms in total. The fourth-order valence-corrected chi connectivity index (χ4v) is 1.58. The Hall–Kier alpha value is -1.09. The molecule has 1 aromatic heterocycles. The van der Waals surface area contributed by atoms with Crippen molar-refractivity contribution in [2.45, 2.75) is 27.3 Å². The maximum Gasteiger partial charge on any atom is 0.128 e. The zero-order chi connectivity index (χ0) is 11.3. The summed E-state index contributed by atoms with van der Waals surface area (Å²) in [6, 6.07) is 6.03. The van der Waals surface area contributed by atoms with Crippen molar-refractivity contribution in [1.29, 1.82) is 0 Å². The first-order valence-electron chi connectivity index (χ1n) is 5.58. The Labute approximate surface area is 92.3 Å². The van der Waals surface area contributed by atoms with Gasteiger partial charge >= 0.3 is 0 Å². The molecule has 0 radical (unpaired) electrons. The molecule has 0 saturated carbocycles. The Morgan fingerprint density at radius 2 is 2.13 bits per heavy atom. The number of anilines is 1. The molecule has 84 valence electrons. The number of nitrogens with zero attached hydrogens (tertiary/aromatic N) is 2. The van der Waals surface area contributed by atoms with Crippen molar-refractivity contribution in [3.63, 3.8) is 0 Å². The van der Waals surface area contributed by atoms with Gasteiger partial charge in [-0.2, -0.15) is 0 Å². The van der Waals surface area contributed by atoms with Crippen molar-refractivity contribution in [3.8, 4) is 0 Å². The Balaban J connectivity index is 2.81. The van der Waals surface area contributed by atoms with E-state index in [0.717, 1.165) is 24.6 Å². The van der Waals surface area contributed by atoms with Crippen LogP contribution in [-0.4, -0.2) is 18.1 Å². The van der Waals surface area contributed by atoms with Gasteiger partial charge in [-0.3, -0.25) is 0 Å². The standard InChI is InChI=1S/C12H21N3/c1-4-15(9-10(2)3)12-7-5-6-11(8-13)14-12/h5-7,10H,4,8-9,13H2,1-3H3. The third kappa shape index (κ3) is 3.51. The van der Waals surface area contributed by atoms with Crippen molar-refractivity contribution < 1.29 is 0 Å². The van der Waals surface area contributed by atoms with Gasteiger partial charge in [-0.15, -0.1) is 0 Å². The molecule has 0 aromatic carbocycles. The number of nitrogens with two attached hydrogens (primary N) is 1. The quantitative estimate of drug-likeness (QED) is 0.803. The van der Waals surface area contributed by atoms with E-state index in [-0.39, 0.29) is 0 Å². The van der Waals surface area contributed by atoms with Crippen molar-refractivity contribution in [3.05, 3.63) is 23.9 Å². The number of hydrogen-bond donors (Lipinski definition) is 1. The molecule has 0 aliphatic rings. The molecule has 2 N–H and O–H groups in total. The molecule has 0 saturated heterocycles. The van der Waals surface area contributed by atoms with E-state index in [1.54, 1.807) is 0 Å². The summed E-state index contributed by atoms with van der Waals surface area (Å²) in [7, 11) is 0. The van der Waals surface area contributed by atoms with Crippen LogP contribution in [0.15, 0.2) is 18.2 Å². The minimum absolute atomic E-state index is 0.507. The topological polar surface area (TPSA) is 42.1 Å². The van der Waals surface area contributed by atoms with E-state index in [4.69, 9.17) is 5.73 Å². The van der Waals surface area contributed by atoms with Crippen LogP contribution in [0.25, 0.3) is 0 Å². The zero-order valence-electron chi connectivity index (χ0n) is 9.90. The summed E-state index contributed by atoms with van der Waals surface area (Å²) in [4.78, 5) is 6.80. The highest BCUT2D eigenvalue weighted by atomic mass is 15.2. The third-order valence-corrected chi connectivity index (χ3v) is 2.29. The van der Waals surface area contributed by atoms with E-state index in [1.165, 1.54) is 0 Å². The van der Waals surface area contributed by atoms with E-state index in [2.05, 4.69) is 30.7 Å². The first kappa shape index (κ1) is 12.0. The molecule has 0 aliphatic heterocycles. The summed E-state index contributed by atoms with van der Waals surface area (Å²) in [6.07, 6.45) is 0. The number of pyridine rings is 1. The second kappa shape index (κ2) is 5.71. The van der Waals surface area contributed by atoms with Gasteiger partial charge in [0.2, 0.25) is 0 Å². The first-order valence-corrected chi connectivity index (χ1v) is 5.58. The highest BCUT2D eigenvalue weighted by Crippen LogP contribution is 2.12. The molecule has 1 aromatic rings. The Morgan fingerprint density at radius 1 is 1.40 bits per heavy atom. The Kier molecular flexibility index (Phi) is 4.56. The second-order valence-electron chi connectivity index (χ2n) is 4.12. The highest BCUT2D eigenvalue weighted by molar-refractivity contribution is 5.39. The smallest absolute Gasteiger partial charge is 0.128 e. The predicted octanol–water partition coefficient (Wildman–Crippen LogP) is 2.02. The van der Waals surface area contributed by atoms with Crippen LogP contribution in [0.4, 0.5) is 5.82 Å². The molecule has 0 atom stereocenters. The third-order valence-electron chi connectivity index (χ3n) is 2.29. The van der Waals surface area contributed by atoms with Gasteiger partial charge in [0.1, 0.15) is 5.82 Å². The van der Waals surface area contributed by atoms with E-state index in [1.807, 2.05) is 18.2 Å². The van der Waals surface area contributed by atoms with Crippen LogP contribution in [0.2, 0.25) is 0 Å². The van der Waals surface area contributed by atoms with Gasteiger partial charge in [0, 0.05) is 19.6 Å². The highest BCUT2D eigenvalue weighted by Gasteiger charge is 2.07. The molecule has 0 amide bonds. The Morgan fingerprint density at radius 3 is 2.67 bits per heavy atom. The summed E-state index contributed by atoms with van der Waals surface area (Å²) in [6.45, 7) is 9.12. The predicted molar refractivity (Wildman–Crippen MR) is 64.9 cm³/mol. The maximum absolute atomic E-state index is 5.58. The average Bonchev–Trinajstić information content (AvgIpc) is 2.25. The van der Waals surface area contributed by atoms with Crippen molar-refractivity contribution in [2.24, 2.45) is 11.7 Å². The monoisotopic (exact) mass is 207 g/mol. The van der Waals surface area contributed by atoms with E-state index in [0.29, 0.717) is 12.5 Å². The van der Waals surface area contributed by atoms with Crippen LogP contribution in [0.3, 0.4) is 0 Å². The van der Waals surface area contributed by atoms with Crippen molar-refractivity contribution >= 4 is 5.82 Å². The first-order chi connectivity index (χ1) is 7.17. The number of aromatic nitrogens is 1. The molecule has 15 heavy (non-hydrogen) atoms. The zero-order valence-corrected chi connectivity index (χ0v) is 9.90. The summed E-state index contributed by atoms with van der Waals surface area (Å²) in [5.41, 5.74) is 6.53. The lowest BCUT2D eigenvalue weighted by Gasteiger charge is -2.24. The normalized spacial score (nSPS) is 10.7. The molecular weight excluding hydrogens is 186 g/mol. The van der Waals surface area contributed by atoms with Gasteiger partial charge in [0.05, 0.1) is 5.69 Å². The van der Waals surface area contributed by atoms with Gasteiger partial charge in [-0.25, -0.2) is 4.98 Å². The molecule has 3 heteroatoms. The van der Waals surface area contributed by atoms with E-state index >= 15 is 0 Å². The molecule has 0 bridgehead atoms. The lowest BCUT2D eigenvalue weighted by molar-refractivity contribution is 0.613. The molecule has 0 aliphatic carbocycles. The fraction of sp³-hybridized carbons (Fsp3) is 0.583. The van der Waals surface area contributed by atoms with Crippen LogP contribution < -0.4 is 10.6 Å².